The molecule has 4 nitrogen and oxygen atoms in total. The number of fused-ring (bicyclic) bond motifs is 1. The van der Waals surface area contributed by atoms with Crippen LogP contribution in [-0.4, -0.2) is 42.4 Å². The molecule has 0 unspecified atom stereocenters. The van der Waals surface area contributed by atoms with Gasteiger partial charge in [-0.25, -0.2) is 0 Å². The number of nitrogens with zero attached hydrogens (tertiary/aromatic N) is 1. The highest BCUT2D eigenvalue weighted by Gasteiger charge is 2.43. The van der Waals surface area contributed by atoms with E-state index < -0.39 is 5.79 Å². The third-order valence-corrected chi connectivity index (χ3v) is 5.11. The summed E-state index contributed by atoms with van der Waals surface area (Å²) in [6.07, 6.45) is 5.27. The van der Waals surface area contributed by atoms with E-state index in [1.165, 1.54) is 5.57 Å². The first-order valence-corrected chi connectivity index (χ1v) is 9.20. The van der Waals surface area contributed by atoms with Crippen molar-refractivity contribution in [1.29, 1.82) is 0 Å². The molecular weight excluding hydrogens is 370 g/mol. The molecule has 2 atom stereocenters. The zero-order chi connectivity index (χ0) is 17.3. The van der Waals surface area contributed by atoms with Crippen LogP contribution >= 0.6 is 15.9 Å². The van der Waals surface area contributed by atoms with Crippen LogP contribution in [-0.2, 0) is 9.47 Å². The van der Waals surface area contributed by atoms with Gasteiger partial charge in [-0.2, -0.15) is 0 Å². The van der Waals surface area contributed by atoms with Gasteiger partial charge >= 0.3 is 0 Å². The molecule has 3 rings (SSSR count). The molecule has 1 aromatic rings. The molecule has 1 fully saturated rings. The summed E-state index contributed by atoms with van der Waals surface area (Å²) in [6, 6.07) is 7.47. The number of rotatable bonds is 4. The van der Waals surface area contributed by atoms with Crippen LogP contribution in [0.25, 0.3) is 0 Å². The van der Waals surface area contributed by atoms with Gasteiger partial charge in [0.15, 0.2) is 5.79 Å². The number of carbonyl (C=O) groups excluding carboxylic acids is 1. The van der Waals surface area contributed by atoms with E-state index in [-0.39, 0.29) is 18.1 Å². The Hall–Kier alpha value is -1.17. The zero-order valence-corrected chi connectivity index (χ0v) is 16.0. The molecule has 0 spiro atoms. The average Bonchev–Trinajstić information content (AvgIpc) is 2.87. The number of hydrogen-bond donors (Lipinski definition) is 0. The molecule has 1 saturated heterocycles. The molecule has 2 aliphatic rings. The summed E-state index contributed by atoms with van der Waals surface area (Å²) < 4.78 is 13.0. The highest BCUT2D eigenvalue weighted by molar-refractivity contribution is 9.10. The SMILES string of the molecule is CN(CCC1=CCC[C@@H]2OC(C)(C)O[C@H]12)C(=O)c1ccc(Br)cc1. The van der Waals surface area contributed by atoms with Crippen molar-refractivity contribution >= 4 is 21.8 Å². The summed E-state index contributed by atoms with van der Waals surface area (Å²) in [5, 5.41) is 0. The second-order valence-electron chi connectivity index (χ2n) is 6.93. The Morgan fingerprint density at radius 2 is 2.00 bits per heavy atom. The van der Waals surface area contributed by atoms with Crippen molar-refractivity contribution < 1.29 is 14.3 Å². The van der Waals surface area contributed by atoms with Crippen molar-refractivity contribution in [3.05, 3.63) is 46.0 Å². The Balaban J connectivity index is 1.59. The Morgan fingerprint density at radius 3 is 2.71 bits per heavy atom. The third kappa shape index (κ3) is 3.90. The van der Waals surface area contributed by atoms with Crippen LogP contribution in [0.1, 0.15) is 43.5 Å². The van der Waals surface area contributed by atoms with Crippen molar-refractivity contribution in [1.82, 2.24) is 4.90 Å². The summed E-state index contributed by atoms with van der Waals surface area (Å²) in [7, 11) is 1.85. The van der Waals surface area contributed by atoms with E-state index in [9.17, 15) is 4.79 Å². The first-order chi connectivity index (χ1) is 11.4. The van der Waals surface area contributed by atoms with Crippen LogP contribution in [0, 0.1) is 0 Å². The van der Waals surface area contributed by atoms with Crippen molar-refractivity contribution in [2.45, 2.75) is 51.1 Å². The minimum absolute atomic E-state index is 0.0323. The van der Waals surface area contributed by atoms with Gasteiger partial charge in [-0.05, 0) is 62.9 Å². The molecular formula is C19H24BrNO3. The standard InChI is InChI=1S/C19H24BrNO3/c1-19(2)23-16-6-4-5-13(17(16)24-19)11-12-21(3)18(22)14-7-9-15(20)10-8-14/h5,7-10,16-17H,4,6,11-12H2,1-3H3/t16-,17+/m0/s1. The average molecular weight is 394 g/mol. The largest absolute Gasteiger partial charge is 0.344 e. The van der Waals surface area contributed by atoms with Crippen molar-refractivity contribution in [3.8, 4) is 0 Å². The maximum Gasteiger partial charge on any atom is 0.253 e. The molecule has 1 aliphatic heterocycles. The van der Waals surface area contributed by atoms with E-state index in [1.54, 1.807) is 4.90 Å². The van der Waals surface area contributed by atoms with Gasteiger partial charge in [0.2, 0.25) is 0 Å². The Morgan fingerprint density at radius 1 is 1.29 bits per heavy atom. The van der Waals surface area contributed by atoms with E-state index in [0.717, 1.165) is 23.7 Å². The topological polar surface area (TPSA) is 38.8 Å². The summed E-state index contributed by atoms with van der Waals surface area (Å²) in [5.74, 6) is -0.475. The fourth-order valence-electron chi connectivity index (χ4n) is 3.37. The van der Waals surface area contributed by atoms with Gasteiger partial charge in [-0.1, -0.05) is 22.0 Å². The van der Waals surface area contributed by atoms with Gasteiger partial charge in [-0.3, -0.25) is 4.79 Å². The number of hydrogen-bond acceptors (Lipinski definition) is 3. The van der Waals surface area contributed by atoms with Crippen LogP contribution in [0.4, 0.5) is 0 Å². The predicted octanol–water partition coefficient (Wildman–Crippen LogP) is 4.15. The van der Waals surface area contributed by atoms with E-state index in [1.807, 2.05) is 45.2 Å². The zero-order valence-electron chi connectivity index (χ0n) is 14.4. The van der Waals surface area contributed by atoms with Crippen LogP contribution in [0.5, 0.6) is 0 Å². The Kier molecular flexibility index (Phi) is 5.13. The molecule has 24 heavy (non-hydrogen) atoms. The Labute approximate surface area is 151 Å². The van der Waals surface area contributed by atoms with Gasteiger partial charge in [0.25, 0.3) is 5.91 Å². The molecule has 0 bridgehead atoms. The van der Waals surface area contributed by atoms with Crippen molar-refractivity contribution in [3.63, 3.8) is 0 Å². The number of allylic oxidation sites excluding steroid dienone is 1. The quantitative estimate of drug-likeness (QED) is 0.721. The number of benzene rings is 1. The summed E-state index contributed by atoms with van der Waals surface area (Å²) >= 11 is 3.39. The van der Waals surface area contributed by atoms with Crippen molar-refractivity contribution in [2.24, 2.45) is 0 Å². The summed E-state index contributed by atoms with van der Waals surface area (Å²) in [5.41, 5.74) is 1.96. The second-order valence-corrected chi connectivity index (χ2v) is 7.85. The highest BCUT2D eigenvalue weighted by Crippen LogP contribution is 2.38. The first-order valence-electron chi connectivity index (χ1n) is 8.41. The number of amides is 1. The summed E-state index contributed by atoms with van der Waals surface area (Å²) in [6.45, 7) is 4.60. The molecule has 0 saturated carbocycles. The lowest BCUT2D eigenvalue weighted by molar-refractivity contribution is -0.143. The van der Waals surface area contributed by atoms with Crippen LogP contribution < -0.4 is 0 Å². The van der Waals surface area contributed by atoms with Crippen molar-refractivity contribution in [2.75, 3.05) is 13.6 Å². The molecule has 0 N–H and O–H groups in total. The van der Waals surface area contributed by atoms with Gasteiger partial charge < -0.3 is 14.4 Å². The Bertz CT molecular complexity index is 639. The third-order valence-electron chi connectivity index (χ3n) is 4.58. The van der Waals surface area contributed by atoms with E-state index in [2.05, 4.69) is 22.0 Å². The fourth-order valence-corrected chi connectivity index (χ4v) is 3.63. The van der Waals surface area contributed by atoms with Crippen LogP contribution in [0.15, 0.2) is 40.4 Å². The lowest BCUT2D eigenvalue weighted by Crippen LogP contribution is -2.32. The molecule has 1 amide bonds. The molecule has 5 heteroatoms. The van der Waals surface area contributed by atoms with Gasteiger partial charge in [0.05, 0.1) is 6.10 Å². The lowest BCUT2D eigenvalue weighted by atomic mass is 9.92. The second kappa shape index (κ2) is 6.98. The molecule has 1 heterocycles. The molecule has 1 aliphatic carbocycles. The normalized spacial score (nSPS) is 25.1. The van der Waals surface area contributed by atoms with Crippen LogP contribution in [0.3, 0.4) is 0 Å². The van der Waals surface area contributed by atoms with Gasteiger partial charge in [-0.15, -0.1) is 0 Å². The minimum atomic E-state index is -0.516. The van der Waals surface area contributed by atoms with Gasteiger partial charge in [0.1, 0.15) is 6.10 Å². The number of carbonyl (C=O) groups is 1. The smallest absolute Gasteiger partial charge is 0.253 e. The minimum Gasteiger partial charge on any atom is -0.344 e. The molecule has 1 aromatic carbocycles. The highest BCUT2D eigenvalue weighted by atomic mass is 79.9. The van der Waals surface area contributed by atoms with E-state index in [0.29, 0.717) is 12.1 Å². The number of ether oxygens (including phenoxy) is 2. The fraction of sp³-hybridized carbons (Fsp3) is 0.526. The lowest BCUT2D eigenvalue weighted by Gasteiger charge is -2.26. The van der Waals surface area contributed by atoms with E-state index in [4.69, 9.17) is 9.47 Å². The first kappa shape index (κ1) is 17.6. The maximum atomic E-state index is 12.5. The molecule has 0 aromatic heterocycles. The molecule has 0 radical (unpaired) electrons. The summed E-state index contributed by atoms with van der Waals surface area (Å²) in [4.78, 5) is 14.3. The van der Waals surface area contributed by atoms with E-state index >= 15 is 0 Å². The van der Waals surface area contributed by atoms with Crippen LogP contribution in [0.2, 0.25) is 0 Å². The van der Waals surface area contributed by atoms with Gasteiger partial charge in [0, 0.05) is 23.6 Å². The number of halogens is 1. The maximum absolute atomic E-state index is 12.5. The monoisotopic (exact) mass is 393 g/mol. The molecule has 130 valence electrons. The predicted molar refractivity (Wildman–Crippen MR) is 96.9 cm³/mol.